The van der Waals surface area contributed by atoms with E-state index in [1.807, 2.05) is 12.1 Å². The maximum absolute atomic E-state index is 12.5. The Morgan fingerprint density at radius 2 is 2.09 bits per heavy atom. The fraction of sp³-hybridized carbons (Fsp3) is 0.214. The third kappa shape index (κ3) is 2.44. The highest BCUT2D eigenvalue weighted by molar-refractivity contribution is 7.92. The average molecular weight is 335 g/mol. The smallest absolute Gasteiger partial charge is 0.304 e. The van der Waals surface area contributed by atoms with Crippen LogP contribution in [0.3, 0.4) is 0 Å². The van der Waals surface area contributed by atoms with Crippen molar-refractivity contribution in [3.63, 3.8) is 0 Å². The number of nitrogens with zero attached hydrogens (tertiary/aromatic N) is 3. The van der Waals surface area contributed by atoms with Crippen molar-refractivity contribution >= 4 is 32.9 Å². The molecule has 114 valence electrons. The number of rotatable bonds is 3. The summed E-state index contributed by atoms with van der Waals surface area (Å²) in [7, 11) is 1.61. The van der Waals surface area contributed by atoms with Crippen LogP contribution in [0, 0.1) is 0 Å². The van der Waals surface area contributed by atoms with Crippen LogP contribution in [0.2, 0.25) is 0 Å². The van der Waals surface area contributed by atoms with Gasteiger partial charge in [0, 0.05) is 23.8 Å². The van der Waals surface area contributed by atoms with Crippen molar-refractivity contribution in [3.8, 4) is 11.4 Å². The van der Waals surface area contributed by atoms with Crippen LogP contribution in [0.5, 0.6) is 0 Å². The molecule has 1 unspecified atom stereocenters. The predicted molar refractivity (Wildman–Crippen MR) is 86.3 cm³/mol. The minimum absolute atomic E-state index is 0.142. The van der Waals surface area contributed by atoms with Crippen LogP contribution in [-0.4, -0.2) is 30.5 Å². The van der Waals surface area contributed by atoms with Crippen LogP contribution in [0.1, 0.15) is 5.56 Å². The van der Waals surface area contributed by atoms with Crippen molar-refractivity contribution in [2.75, 3.05) is 6.26 Å². The summed E-state index contributed by atoms with van der Waals surface area (Å²) in [5, 5.41) is 9.47. The summed E-state index contributed by atoms with van der Waals surface area (Å²) in [5.74, 6) is 0.458. The number of fused-ring (bicyclic) bond motifs is 1. The maximum Gasteiger partial charge on any atom is 0.304 e. The van der Waals surface area contributed by atoms with Gasteiger partial charge in [0.05, 0.1) is 6.61 Å². The van der Waals surface area contributed by atoms with Crippen LogP contribution in [0.4, 0.5) is 0 Å². The van der Waals surface area contributed by atoms with Gasteiger partial charge in [-0.25, -0.2) is 4.98 Å². The molecule has 0 fully saturated rings. The Labute approximate surface area is 133 Å². The molecule has 0 amide bonds. The second kappa shape index (κ2) is 5.81. The minimum Gasteiger partial charge on any atom is -0.610 e. The van der Waals surface area contributed by atoms with E-state index < -0.39 is 11.2 Å². The molecule has 0 aliphatic heterocycles. The lowest BCUT2D eigenvalue weighted by Crippen LogP contribution is -2.20. The quantitative estimate of drug-likeness (QED) is 0.728. The van der Waals surface area contributed by atoms with Crippen molar-refractivity contribution in [2.24, 2.45) is 7.05 Å². The second-order valence-electron chi connectivity index (χ2n) is 4.70. The fourth-order valence-corrected chi connectivity index (χ4v) is 3.76. The Morgan fingerprint density at radius 1 is 1.36 bits per heavy atom. The van der Waals surface area contributed by atoms with Crippen LogP contribution in [0.15, 0.2) is 33.4 Å². The van der Waals surface area contributed by atoms with Crippen molar-refractivity contribution in [3.05, 3.63) is 40.2 Å². The topological polar surface area (TPSA) is 91.1 Å². The minimum atomic E-state index is -1.25. The van der Waals surface area contributed by atoms with Gasteiger partial charge in [0.2, 0.25) is 0 Å². The molecule has 0 aliphatic rings. The molecule has 3 rings (SSSR count). The first-order valence-corrected chi connectivity index (χ1v) is 8.80. The zero-order valence-electron chi connectivity index (χ0n) is 11.9. The maximum atomic E-state index is 12.5. The number of thiazole rings is 1. The first-order chi connectivity index (χ1) is 10.5. The van der Waals surface area contributed by atoms with E-state index in [4.69, 9.17) is 0 Å². The van der Waals surface area contributed by atoms with Crippen molar-refractivity contribution in [1.29, 1.82) is 0 Å². The fourth-order valence-electron chi connectivity index (χ4n) is 2.17. The Kier molecular flexibility index (Phi) is 4.00. The zero-order chi connectivity index (χ0) is 15.9. The lowest BCUT2D eigenvalue weighted by Gasteiger charge is -2.10. The van der Waals surface area contributed by atoms with E-state index in [0.29, 0.717) is 26.1 Å². The summed E-state index contributed by atoms with van der Waals surface area (Å²) in [5.41, 5.74) is 1.32. The summed E-state index contributed by atoms with van der Waals surface area (Å²) in [6, 6.07) is 7.23. The zero-order valence-corrected chi connectivity index (χ0v) is 13.6. The van der Waals surface area contributed by atoms with Gasteiger partial charge in [-0.2, -0.15) is 4.98 Å². The Morgan fingerprint density at radius 3 is 2.77 bits per heavy atom. The Balaban J connectivity index is 2.31. The van der Waals surface area contributed by atoms with Gasteiger partial charge < -0.3 is 9.66 Å². The van der Waals surface area contributed by atoms with E-state index in [1.54, 1.807) is 19.2 Å². The summed E-state index contributed by atoms with van der Waals surface area (Å²) in [4.78, 5) is 21.5. The first-order valence-electron chi connectivity index (χ1n) is 6.43. The number of aliphatic hydroxyl groups is 1. The molecule has 8 heteroatoms. The van der Waals surface area contributed by atoms with Gasteiger partial charge in [-0.3, -0.25) is 9.36 Å². The van der Waals surface area contributed by atoms with E-state index in [9.17, 15) is 14.5 Å². The number of aromatic nitrogens is 3. The van der Waals surface area contributed by atoms with Gasteiger partial charge in [0.25, 0.3) is 5.56 Å². The molecule has 1 aromatic carbocycles. The molecular formula is C14H13N3O3S2. The van der Waals surface area contributed by atoms with Crippen molar-refractivity contribution in [2.45, 2.75) is 10.9 Å². The van der Waals surface area contributed by atoms with Crippen LogP contribution in [0.25, 0.3) is 21.7 Å². The molecule has 0 saturated heterocycles. The lowest BCUT2D eigenvalue weighted by molar-refractivity contribution is 0.282. The molecule has 1 atom stereocenters. The lowest BCUT2D eigenvalue weighted by atomic mass is 10.1. The van der Waals surface area contributed by atoms with Crippen LogP contribution in [-0.2, 0) is 24.8 Å². The monoisotopic (exact) mass is 335 g/mol. The first kappa shape index (κ1) is 15.2. The molecule has 3 aromatic rings. The SMILES string of the molecule is Cn1c(-c2ccccc2CO)nc2sc([S+](C)[O-])nc2c1=O. The molecule has 0 saturated carbocycles. The Bertz CT molecular complexity index is 902. The number of hydrogen-bond acceptors (Lipinski definition) is 6. The van der Waals surface area contributed by atoms with Gasteiger partial charge in [-0.05, 0) is 16.9 Å². The number of aliphatic hydroxyl groups excluding tert-OH is 1. The standard InChI is InChI=1S/C14H13N3O3S2/c1-17-11(9-6-4-3-5-8(9)7-18)16-12-10(13(17)19)15-14(21-12)22(2)20/h3-6,18H,7H2,1-2H3. The molecule has 2 heterocycles. The summed E-state index contributed by atoms with van der Waals surface area (Å²) < 4.78 is 13.3. The molecule has 0 radical (unpaired) electrons. The summed E-state index contributed by atoms with van der Waals surface area (Å²) in [6.45, 7) is -0.142. The summed E-state index contributed by atoms with van der Waals surface area (Å²) in [6.07, 6.45) is 1.52. The van der Waals surface area contributed by atoms with Crippen LogP contribution >= 0.6 is 11.3 Å². The van der Waals surface area contributed by atoms with E-state index in [0.717, 1.165) is 11.3 Å². The molecule has 0 aliphatic carbocycles. The van der Waals surface area contributed by atoms with Gasteiger partial charge in [0.1, 0.15) is 12.1 Å². The van der Waals surface area contributed by atoms with E-state index >= 15 is 0 Å². The van der Waals surface area contributed by atoms with Crippen molar-refractivity contribution < 1.29 is 9.66 Å². The van der Waals surface area contributed by atoms with E-state index in [-0.39, 0.29) is 17.7 Å². The van der Waals surface area contributed by atoms with Gasteiger partial charge in [0.15, 0.2) is 10.3 Å². The third-order valence-corrected chi connectivity index (χ3v) is 5.58. The molecular weight excluding hydrogens is 322 g/mol. The molecule has 2 aromatic heterocycles. The Hall–Kier alpha value is -1.74. The molecule has 0 spiro atoms. The number of hydrogen-bond donors (Lipinski definition) is 1. The number of benzene rings is 1. The molecule has 22 heavy (non-hydrogen) atoms. The highest BCUT2D eigenvalue weighted by Crippen LogP contribution is 2.26. The van der Waals surface area contributed by atoms with E-state index in [2.05, 4.69) is 9.97 Å². The molecule has 0 bridgehead atoms. The second-order valence-corrected chi connectivity index (χ2v) is 7.23. The summed E-state index contributed by atoms with van der Waals surface area (Å²) >= 11 is -0.102. The third-order valence-electron chi connectivity index (χ3n) is 3.30. The average Bonchev–Trinajstić information content (AvgIpc) is 2.95. The largest absolute Gasteiger partial charge is 0.610 e. The molecule has 6 nitrogen and oxygen atoms in total. The highest BCUT2D eigenvalue weighted by atomic mass is 32.2. The highest BCUT2D eigenvalue weighted by Gasteiger charge is 2.19. The van der Waals surface area contributed by atoms with Crippen molar-refractivity contribution in [1.82, 2.24) is 14.5 Å². The van der Waals surface area contributed by atoms with Crippen LogP contribution < -0.4 is 5.56 Å². The van der Waals surface area contributed by atoms with Gasteiger partial charge in [-0.1, -0.05) is 24.3 Å². The van der Waals surface area contributed by atoms with E-state index in [1.165, 1.54) is 10.8 Å². The van der Waals surface area contributed by atoms with Gasteiger partial charge >= 0.3 is 4.34 Å². The normalized spacial score (nSPS) is 12.7. The predicted octanol–water partition coefficient (Wildman–Crippen LogP) is 1.29. The molecule has 1 N–H and O–H groups in total. The van der Waals surface area contributed by atoms with Gasteiger partial charge in [-0.15, -0.1) is 0 Å².